The number of rotatable bonds is 4. The lowest BCUT2D eigenvalue weighted by atomic mass is 9.85. The summed E-state index contributed by atoms with van der Waals surface area (Å²) in [4.78, 5) is 2.50. The molecular weight excluding hydrogens is 188 g/mol. The zero-order valence-electron chi connectivity index (χ0n) is 10.5. The van der Waals surface area contributed by atoms with Crippen molar-refractivity contribution in [3.63, 3.8) is 0 Å². The first-order valence-corrected chi connectivity index (χ1v) is 6.02. The zero-order valence-corrected chi connectivity index (χ0v) is 10.5. The average Bonchev–Trinajstić information content (AvgIpc) is 2.36. The molecular formula is C12H26N2O. The first-order valence-electron chi connectivity index (χ1n) is 6.02. The van der Waals surface area contributed by atoms with Gasteiger partial charge in [-0.1, -0.05) is 13.8 Å². The number of hydrogen-bond acceptors (Lipinski definition) is 3. The number of ether oxygens (including phenoxy) is 1. The average molecular weight is 214 g/mol. The maximum Gasteiger partial charge on any atom is 0.0820 e. The largest absolute Gasteiger partial charge is 0.379 e. The minimum atomic E-state index is 0.200. The van der Waals surface area contributed by atoms with Gasteiger partial charge in [0.05, 0.1) is 6.10 Å². The molecule has 0 radical (unpaired) electrons. The van der Waals surface area contributed by atoms with Gasteiger partial charge in [-0.15, -0.1) is 0 Å². The van der Waals surface area contributed by atoms with Crippen molar-refractivity contribution in [1.82, 2.24) is 4.90 Å². The molecule has 90 valence electrons. The summed E-state index contributed by atoms with van der Waals surface area (Å²) in [5.74, 6) is 0. The molecule has 3 heteroatoms. The van der Waals surface area contributed by atoms with Crippen LogP contribution in [0.25, 0.3) is 0 Å². The van der Waals surface area contributed by atoms with Gasteiger partial charge in [-0.05, 0) is 37.8 Å². The molecule has 0 aliphatic carbocycles. The van der Waals surface area contributed by atoms with Gasteiger partial charge in [0.15, 0.2) is 0 Å². The molecule has 0 bridgehead atoms. The van der Waals surface area contributed by atoms with Gasteiger partial charge >= 0.3 is 0 Å². The van der Waals surface area contributed by atoms with E-state index >= 15 is 0 Å². The Labute approximate surface area is 94.0 Å². The van der Waals surface area contributed by atoms with Crippen molar-refractivity contribution < 1.29 is 4.74 Å². The number of nitrogens with zero attached hydrogens (tertiary/aromatic N) is 1. The molecule has 1 heterocycles. The highest BCUT2D eigenvalue weighted by molar-refractivity contribution is 4.77. The van der Waals surface area contributed by atoms with E-state index in [1.165, 1.54) is 32.4 Å². The molecule has 1 aliphatic heterocycles. The zero-order chi connectivity index (χ0) is 11.3. The van der Waals surface area contributed by atoms with Gasteiger partial charge in [0.1, 0.15) is 0 Å². The van der Waals surface area contributed by atoms with Crippen molar-refractivity contribution >= 4 is 0 Å². The molecule has 2 N–H and O–H groups in total. The molecule has 1 aliphatic rings. The van der Waals surface area contributed by atoms with E-state index in [4.69, 9.17) is 10.5 Å². The minimum Gasteiger partial charge on any atom is -0.379 e. The first-order chi connectivity index (χ1) is 7.07. The fourth-order valence-electron chi connectivity index (χ4n) is 2.19. The summed E-state index contributed by atoms with van der Waals surface area (Å²) in [5, 5.41) is 0. The summed E-state index contributed by atoms with van der Waals surface area (Å²) >= 11 is 0. The Balaban J connectivity index is 2.37. The summed E-state index contributed by atoms with van der Waals surface area (Å²) in [5.41, 5.74) is 6.16. The van der Waals surface area contributed by atoms with Crippen molar-refractivity contribution in [1.29, 1.82) is 0 Å². The highest BCUT2D eigenvalue weighted by atomic mass is 16.5. The third kappa shape index (κ3) is 4.49. The predicted molar refractivity (Wildman–Crippen MR) is 63.9 cm³/mol. The molecule has 0 amide bonds. The predicted octanol–water partition coefficient (Wildman–Crippen LogP) is 1.47. The van der Waals surface area contributed by atoms with Gasteiger partial charge in [0.25, 0.3) is 0 Å². The Morgan fingerprint density at radius 3 is 2.67 bits per heavy atom. The van der Waals surface area contributed by atoms with Crippen LogP contribution >= 0.6 is 0 Å². The van der Waals surface area contributed by atoms with E-state index < -0.39 is 0 Å². The highest BCUT2D eigenvalue weighted by Gasteiger charge is 2.23. The van der Waals surface area contributed by atoms with E-state index in [-0.39, 0.29) is 6.10 Å². The molecule has 1 unspecified atom stereocenters. The summed E-state index contributed by atoms with van der Waals surface area (Å²) in [6, 6.07) is 0. The van der Waals surface area contributed by atoms with Crippen molar-refractivity contribution in [2.24, 2.45) is 11.1 Å². The normalized spacial score (nSPS) is 24.8. The van der Waals surface area contributed by atoms with E-state index in [0.29, 0.717) is 12.0 Å². The summed E-state index contributed by atoms with van der Waals surface area (Å²) < 4.78 is 5.33. The summed E-state index contributed by atoms with van der Waals surface area (Å²) in [7, 11) is 1.75. The smallest absolute Gasteiger partial charge is 0.0820 e. The molecule has 0 saturated carbocycles. The fourth-order valence-corrected chi connectivity index (χ4v) is 2.19. The molecule has 0 aromatic rings. The second kappa shape index (κ2) is 5.83. The van der Waals surface area contributed by atoms with Crippen LogP contribution in [-0.2, 0) is 4.74 Å². The topological polar surface area (TPSA) is 38.5 Å². The number of methoxy groups -OCH3 is 1. The SMILES string of the molecule is COC(CN)CN1CCCC(C)(C)CC1. The van der Waals surface area contributed by atoms with Crippen LogP contribution in [0.1, 0.15) is 33.1 Å². The minimum absolute atomic E-state index is 0.200. The van der Waals surface area contributed by atoms with E-state index in [1.54, 1.807) is 7.11 Å². The van der Waals surface area contributed by atoms with Gasteiger partial charge in [-0.2, -0.15) is 0 Å². The maximum absolute atomic E-state index is 5.64. The van der Waals surface area contributed by atoms with Crippen LogP contribution in [0.3, 0.4) is 0 Å². The number of nitrogens with two attached hydrogens (primary N) is 1. The van der Waals surface area contributed by atoms with E-state index in [0.717, 1.165) is 6.54 Å². The molecule has 1 saturated heterocycles. The fraction of sp³-hybridized carbons (Fsp3) is 1.00. The van der Waals surface area contributed by atoms with Crippen LogP contribution in [0.4, 0.5) is 0 Å². The first kappa shape index (κ1) is 12.9. The van der Waals surface area contributed by atoms with Crippen LogP contribution < -0.4 is 5.73 Å². The van der Waals surface area contributed by atoms with Gasteiger partial charge in [-0.3, -0.25) is 0 Å². The van der Waals surface area contributed by atoms with Crippen LogP contribution in [0, 0.1) is 5.41 Å². The number of hydrogen-bond donors (Lipinski definition) is 1. The molecule has 1 rings (SSSR count). The van der Waals surface area contributed by atoms with Crippen molar-refractivity contribution in [2.75, 3.05) is 33.3 Å². The van der Waals surface area contributed by atoms with Crippen molar-refractivity contribution in [3.05, 3.63) is 0 Å². The summed E-state index contributed by atoms with van der Waals surface area (Å²) in [6.07, 6.45) is 4.12. The molecule has 3 nitrogen and oxygen atoms in total. The Morgan fingerprint density at radius 1 is 1.33 bits per heavy atom. The molecule has 1 atom stereocenters. The lowest BCUT2D eigenvalue weighted by molar-refractivity contribution is 0.0701. The van der Waals surface area contributed by atoms with E-state index in [2.05, 4.69) is 18.7 Å². The summed E-state index contributed by atoms with van der Waals surface area (Å²) in [6.45, 7) is 8.73. The van der Waals surface area contributed by atoms with Gasteiger partial charge in [0.2, 0.25) is 0 Å². The van der Waals surface area contributed by atoms with Crippen LogP contribution in [0.5, 0.6) is 0 Å². The molecule has 0 aromatic carbocycles. The van der Waals surface area contributed by atoms with Crippen LogP contribution in [0.15, 0.2) is 0 Å². The highest BCUT2D eigenvalue weighted by Crippen LogP contribution is 2.29. The van der Waals surface area contributed by atoms with Crippen molar-refractivity contribution in [3.8, 4) is 0 Å². The van der Waals surface area contributed by atoms with Crippen LogP contribution in [0.2, 0.25) is 0 Å². The quantitative estimate of drug-likeness (QED) is 0.770. The molecule has 15 heavy (non-hydrogen) atoms. The van der Waals surface area contributed by atoms with E-state index in [9.17, 15) is 0 Å². The second-order valence-corrected chi connectivity index (χ2v) is 5.41. The lowest BCUT2D eigenvalue weighted by Gasteiger charge is -2.25. The number of likely N-dealkylation sites (tertiary alicyclic amines) is 1. The van der Waals surface area contributed by atoms with Gasteiger partial charge in [0, 0.05) is 20.2 Å². The van der Waals surface area contributed by atoms with E-state index in [1.807, 2.05) is 0 Å². The standard InChI is InChI=1S/C12H26N2O/c1-12(2)5-4-7-14(8-6-12)10-11(9-13)15-3/h11H,4-10,13H2,1-3H3. The molecule has 1 fully saturated rings. The lowest BCUT2D eigenvalue weighted by Crippen LogP contribution is -2.38. The molecule has 0 spiro atoms. The van der Waals surface area contributed by atoms with Gasteiger partial charge in [-0.25, -0.2) is 0 Å². The van der Waals surface area contributed by atoms with Crippen molar-refractivity contribution in [2.45, 2.75) is 39.2 Å². The van der Waals surface area contributed by atoms with Crippen LogP contribution in [-0.4, -0.2) is 44.3 Å². The monoisotopic (exact) mass is 214 g/mol. The third-order valence-corrected chi connectivity index (χ3v) is 3.49. The third-order valence-electron chi connectivity index (χ3n) is 3.49. The Morgan fingerprint density at radius 2 is 2.07 bits per heavy atom. The Kier molecular flexibility index (Phi) is 5.03. The van der Waals surface area contributed by atoms with Gasteiger partial charge < -0.3 is 15.4 Å². The molecule has 0 aromatic heterocycles. The Hall–Kier alpha value is -0.120. The maximum atomic E-state index is 5.64. The second-order valence-electron chi connectivity index (χ2n) is 5.41. The Bertz CT molecular complexity index is 178.